The van der Waals surface area contributed by atoms with E-state index in [4.69, 9.17) is 0 Å². The molecule has 16 heavy (non-hydrogen) atoms. The van der Waals surface area contributed by atoms with Crippen LogP contribution in [0, 0.1) is 0 Å². The van der Waals surface area contributed by atoms with Crippen LogP contribution in [0.5, 0.6) is 0 Å². The number of thiophene rings is 1. The molecule has 3 nitrogen and oxygen atoms in total. The Morgan fingerprint density at radius 2 is 2.44 bits per heavy atom. The number of anilines is 1. The third kappa shape index (κ3) is 2.59. The highest BCUT2D eigenvalue weighted by Gasteiger charge is 2.12. The van der Waals surface area contributed by atoms with Gasteiger partial charge in [-0.25, -0.2) is 9.97 Å². The van der Waals surface area contributed by atoms with Crippen LogP contribution < -0.4 is 5.32 Å². The molecule has 0 aliphatic carbocycles. The minimum Gasteiger partial charge on any atom is -0.361 e. The van der Waals surface area contributed by atoms with Gasteiger partial charge in [0.15, 0.2) is 0 Å². The number of hydrogen-bond donors (Lipinski definition) is 1. The first kappa shape index (κ1) is 11.5. The van der Waals surface area contributed by atoms with Crippen LogP contribution in [-0.2, 0) is 0 Å². The molecule has 0 fully saturated rings. The average molecular weight is 298 g/mol. The molecule has 0 aliphatic heterocycles. The smallest absolute Gasteiger partial charge is 0.144 e. The van der Waals surface area contributed by atoms with Crippen LogP contribution in [-0.4, -0.2) is 9.97 Å². The Hall–Kier alpha value is -0.940. The largest absolute Gasteiger partial charge is 0.361 e. The van der Waals surface area contributed by atoms with Crippen LogP contribution >= 0.6 is 27.3 Å². The Morgan fingerprint density at radius 1 is 1.56 bits per heavy atom. The van der Waals surface area contributed by atoms with E-state index in [1.165, 1.54) is 4.88 Å². The molecule has 0 saturated heterocycles. The van der Waals surface area contributed by atoms with Crippen molar-refractivity contribution in [3.8, 4) is 0 Å². The molecule has 2 heterocycles. The Bertz CT molecular complexity index is 444. The van der Waals surface area contributed by atoms with Gasteiger partial charge < -0.3 is 5.32 Å². The first-order valence-electron chi connectivity index (χ1n) is 5.06. The van der Waals surface area contributed by atoms with E-state index in [-0.39, 0.29) is 0 Å². The van der Waals surface area contributed by atoms with E-state index >= 15 is 0 Å². The van der Waals surface area contributed by atoms with Crippen molar-refractivity contribution in [3.63, 3.8) is 0 Å². The summed E-state index contributed by atoms with van der Waals surface area (Å²) in [4.78, 5) is 9.48. The zero-order chi connectivity index (χ0) is 11.4. The Morgan fingerprint density at radius 3 is 3.06 bits per heavy atom. The minimum absolute atomic E-state index is 0.311. The van der Waals surface area contributed by atoms with Crippen LogP contribution in [0.1, 0.15) is 24.3 Å². The normalized spacial score (nSPS) is 12.4. The molecule has 0 spiro atoms. The van der Waals surface area contributed by atoms with Crippen LogP contribution in [0.4, 0.5) is 5.82 Å². The monoisotopic (exact) mass is 297 g/mol. The maximum absolute atomic E-state index is 4.21. The zero-order valence-electron chi connectivity index (χ0n) is 8.85. The summed E-state index contributed by atoms with van der Waals surface area (Å²) in [6.45, 7) is 2.16. The Labute approximate surface area is 107 Å². The highest BCUT2D eigenvalue weighted by atomic mass is 79.9. The molecule has 0 amide bonds. The lowest BCUT2D eigenvalue weighted by atomic mass is 10.2. The van der Waals surface area contributed by atoms with Crippen molar-refractivity contribution in [2.75, 3.05) is 5.32 Å². The van der Waals surface area contributed by atoms with Crippen molar-refractivity contribution in [2.45, 2.75) is 19.4 Å². The fraction of sp³-hybridized carbons (Fsp3) is 0.273. The van der Waals surface area contributed by atoms with Crippen molar-refractivity contribution >= 4 is 33.1 Å². The summed E-state index contributed by atoms with van der Waals surface area (Å²) >= 11 is 5.19. The summed E-state index contributed by atoms with van der Waals surface area (Å²) in [6, 6.07) is 4.52. The lowest BCUT2D eigenvalue weighted by Crippen LogP contribution is -2.09. The molecule has 1 atom stereocenters. The molecule has 0 aliphatic rings. The van der Waals surface area contributed by atoms with Gasteiger partial charge in [-0.2, -0.15) is 0 Å². The van der Waals surface area contributed by atoms with Gasteiger partial charge in [-0.3, -0.25) is 0 Å². The summed E-state index contributed by atoms with van der Waals surface area (Å²) in [5.74, 6) is 0.843. The Balaban J connectivity index is 2.17. The summed E-state index contributed by atoms with van der Waals surface area (Å²) in [6.07, 6.45) is 4.32. The van der Waals surface area contributed by atoms with E-state index in [2.05, 4.69) is 55.7 Å². The standard InChI is InChI=1S/C11H12BrN3S/c1-2-9(10-4-3-5-16-10)15-11-8(12)6-13-7-14-11/h3-7,9H,2H2,1H3,(H,13,14,15). The average Bonchev–Trinajstić information content (AvgIpc) is 2.81. The summed E-state index contributed by atoms with van der Waals surface area (Å²) in [7, 11) is 0. The van der Waals surface area contributed by atoms with E-state index < -0.39 is 0 Å². The van der Waals surface area contributed by atoms with Gasteiger partial charge in [0.1, 0.15) is 12.1 Å². The van der Waals surface area contributed by atoms with E-state index in [0.29, 0.717) is 6.04 Å². The van der Waals surface area contributed by atoms with Gasteiger partial charge in [0.2, 0.25) is 0 Å². The number of aromatic nitrogens is 2. The molecule has 1 N–H and O–H groups in total. The third-order valence-corrected chi connectivity index (χ3v) is 3.84. The van der Waals surface area contributed by atoms with Gasteiger partial charge in [-0.05, 0) is 33.8 Å². The highest BCUT2D eigenvalue weighted by molar-refractivity contribution is 9.10. The lowest BCUT2D eigenvalue weighted by molar-refractivity contribution is 0.757. The fourth-order valence-electron chi connectivity index (χ4n) is 1.45. The van der Waals surface area contributed by atoms with E-state index in [1.54, 1.807) is 23.9 Å². The second-order valence-electron chi connectivity index (χ2n) is 3.34. The number of nitrogens with one attached hydrogen (secondary N) is 1. The van der Waals surface area contributed by atoms with Crippen LogP contribution in [0.3, 0.4) is 0 Å². The Kier molecular flexibility index (Phi) is 3.90. The molecular formula is C11H12BrN3S. The molecule has 0 saturated carbocycles. The maximum Gasteiger partial charge on any atom is 0.144 e. The number of halogens is 1. The molecule has 2 aromatic rings. The first-order valence-corrected chi connectivity index (χ1v) is 6.74. The topological polar surface area (TPSA) is 37.8 Å². The minimum atomic E-state index is 0.311. The van der Waals surface area contributed by atoms with Crippen molar-refractivity contribution < 1.29 is 0 Å². The van der Waals surface area contributed by atoms with Gasteiger partial charge >= 0.3 is 0 Å². The molecule has 84 valence electrons. The maximum atomic E-state index is 4.21. The quantitative estimate of drug-likeness (QED) is 0.931. The molecule has 0 aromatic carbocycles. The molecular weight excluding hydrogens is 286 g/mol. The molecule has 1 unspecified atom stereocenters. The van der Waals surface area contributed by atoms with E-state index in [9.17, 15) is 0 Å². The predicted octanol–water partition coefficient (Wildman–Crippen LogP) is 3.86. The van der Waals surface area contributed by atoms with Gasteiger partial charge in [-0.15, -0.1) is 11.3 Å². The summed E-state index contributed by atoms with van der Waals surface area (Å²) in [5, 5.41) is 5.50. The zero-order valence-corrected chi connectivity index (χ0v) is 11.3. The second kappa shape index (κ2) is 5.41. The van der Waals surface area contributed by atoms with E-state index in [1.807, 2.05) is 0 Å². The molecule has 2 rings (SSSR count). The van der Waals surface area contributed by atoms with Gasteiger partial charge in [-0.1, -0.05) is 13.0 Å². The van der Waals surface area contributed by atoms with Crippen molar-refractivity contribution in [1.82, 2.24) is 9.97 Å². The van der Waals surface area contributed by atoms with E-state index in [0.717, 1.165) is 16.7 Å². The van der Waals surface area contributed by atoms with Crippen molar-refractivity contribution in [1.29, 1.82) is 0 Å². The van der Waals surface area contributed by atoms with Crippen LogP contribution in [0.25, 0.3) is 0 Å². The van der Waals surface area contributed by atoms with Crippen LogP contribution in [0.15, 0.2) is 34.5 Å². The third-order valence-electron chi connectivity index (χ3n) is 2.27. The van der Waals surface area contributed by atoms with Gasteiger partial charge in [0, 0.05) is 11.1 Å². The van der Waals surface area contributed by atoms with Crippen molar-refractivity contribution in [2.24, 2.45) is 0 Å². The van der Waals surface area contributed by atoms with Crippen molar-refractivity contribution in [3.05, 3.63) is 39.4 Å². The molecule has 5 heteroatoms. The molecule has 0 radical (unpaired) electrons. The highest BCUT2D eigenvalue weighted by Crippen LogP contribution is 2.28. The van der Waals surface area contributed by atoms with Gasteiger partial charge in [0.05, 0.1) is 10.5 Å². The fourth-order valence-corrected chi connectivity index (χ4v) is 2.64. The predicted molar refractivity (Wildman–Crippen MR) is 70.7 cm³/mol. The molecule has 0 bridgehead atoms. The SMILES string of the molecule is CCC(Nc1ncncc1Br)c1cccs1. The number of rotatable bonds is 4. The number of hydrogen-bond acceptors (Lipinski definition) is 4. The summed E-state index contributed by atoms with van der Waals surface area (Å²) < 4.78 is 0.894. The first-order chi connectivity index (χ1) is 7.81. The summed E-state index contributed by atoms with van der Waals surface area (Å²) in [5.41, 5.74) is 0. The second-order valence-corrected chi connectivity index (χ2v) is 5.17. The van der Waals surface area contributed by atoms with Crippen LogP contribution in [0.2, 0.25) is 0 Å². The number of nitrogens with zero attached hydrogens (tertiary/aromatic N) is 2. The molecule has 2 aromatic heterocycles. The van der Waals surface area contributed by atoms with Gasteiger partial charge in [0.25, 0.3) is 0 Å². The lowest BCUT2D eigenvalue weighted by Gasteiger charge is -2.16.